The van der Waals surface area contributed by atoms with Crippen LogP contribution in [0.25, 0.3) is 0 Å². The Morgan fingerprint density at radius 2 is 2.78 bits per heavy atom. The van der Waals surface area contributed by atoms with Gasteiger partial charge < -0.3 is 4.74 Å². The van der Waals surface area contributed by atoms with Crippen LogP contribution in [0.3, 0.4) is 0 Å². The molecule has 0 bridgehead atoms. The van der Waals surface area contributed by atoms with Crippen molar-refractivity contribution in [2.24, 2.45) is 5.10 Å². The van der Waals surface area contributed by atoms with E-state index in [2.05, 4.69) is 9.84 Å². The first-order chi connectivity index (χ1) is 4.34. The second-order valence-electron chi connectivity index (χ2n) is 1.59. The van der Waals surface area contributed by atoms with E-state index >= 15 is 0 Å². The van der Waals surface area contributed by atoms with Crippen LogP contribution in [-0.2, 0) is 4.74 Å². The van der Waals surface area contributed by atoms with Crippen molar-refractivity contribution >= 4 is 12.3 Å². The zero-order valence-electron chi connectivity index (χ0n) is 5.20. The first kappa shape index (κ1) is 6.07. The average Bonchev–Trinajstić information content (AvgIpc) is 1.89. The van der Waals surface area contributed by atoms with Gasteiger partial charge in [-0.25, -0.2) is 4.79 Å². The lowest BCUT2D eigenvalue weighted by molar-refractivity contribution is 0.111. The molecule has 1 amide bonds. The Kier molecular flexibility index (Phi) is 1.67. The van der Waals surface area contributed by atoms with E-state index in [-0.39, 0.29) is 6.09 Å². The van der Waals surface area contributed by atoms with Crippen LogP contribution in [-0.4, -0.2) is 30.5 Å². The zero-order valence-corrected chi connectivity index (χ0v) is 5.20. The van der Waals surface area contributed by atoms with Crippen LogP contribution in [0.2, 0.25) is 0 Å². The molecular formula is C5H8N2O2. The Bertz CT molecular complexity index is 144. The third kappa shape index (κ3) is 1.19. The van der Waals surface area contributed by atoms with E-state index in [1.165, 1.54) is 5.01 Å². The smallest absolute Gasteiger partial charge is 0.430 e. The van der Waals surface area contributed by atoms with E-state index in [9.17, 15) is 4.79 Å². The summed E-state index contributed by atoms with van der Waals surface area (Å²) in [6, 6.07) is 0. The van der Waals surface area contributed by atoms with Crippen LogP contribution >= 0.6 is 0 Å². The lowest BCUT2D eigenvalue weighted by Gasteiger charge is -2.16. The summed E-state index contributed by atoms with van der Waals surface area (Å²) in [6.45, 7) is 2.70. The fourth-order valence-electron chi connectivity index (χ4n) is 0.573. The number of hydrogen-bond acceptors (Lipinski definition) is 3. The number of hydrogen-bond donors (Lipinski definition) is 0. The zero-order chi connectivity index (χ0) is 6.69. The highest BCUT2D eigenvalue weighted by atomic mass is 16.6. The van der Waals surface area contributed by atoms with E-state index in [0.29, 0.717) is 13.2 Å². The van der Waals surface area contributed by atoms with Crippen LogP contribution in [0.15, 0.2) is 5.10 Å². The number of hydrazone groups is 1. The van der Waals surface area contributed by atoms with Gasteiger partial charge in [-0.15, -0.1) is 0 Å². The van der Waals surface area contributed by atoms with Crippen molar-refractivity contribution in [2.75, 3.05) is 13.2 Å². The summed E-state index contributed by atoms with van der Waals surface area (Å²) in [5, 5.41) is 5.03. The van der Waals surface area contributed by atoms with Crippen molar-refractivity contribution in [3.05, 3.63) is 0 Å². The van der Waals surface area contributed by atoms with Gasteiger partial charge in [-0.3, -0.25) is 0 Å². The number of nitrogens with zero attached hydrogens (tertiary/aromatic N) is 2. The SMILES string of the molecule is CCN1N=CCOC1=O. The summed E-state index contributed by atoms with van der Waals surface area (Å²) in [5.74, 6) is 0. The molecule has 4 heteroatoms. The molecule has 1 rings (SSSR count). The minimum absolute atomic E-state index is 0.301. The third-order valence-corrected chi connectivity index (χ3v) is 1.01. The van der Waals surface area contributed by atoms with Crippen LogP contribution in [0.4, 0.5) is 4.79 Å². The Hall–Kier alpha value is -1.06. The van der Waals surface area contributed by atoms with Crippen LogP contribution in [0.5, 0.6) is 0 Å². The van der Waals surface area contributed by atoms with Gasteiger partial charge in [-0.2, -0.15) is 10.1 Å². The molecule has 0 N–H and O–H groups in total. The Labute approximate surface area is 53.1 Å². The largest absolute Gasteiger partial charge is 0.442 e. The molecule has 1 aliphatic heterocycles. The number of carbonyl (C=O) groups excluding carboxylic acids is 1. The van der Waals surface area contributed by atoms with Gasteiger partial charge in [-0.05, 0) is 6.92 Å². The summed E-state index contributed by atoms with van der Waals surface area (Å²) in [5.41, 5.74) is 0. The number of rotatable bonds is 1. The molecular weight excluding hydrogens is 120 g/mol. The topological polar surface area (TPSA) is 41.9 Å². The number of cyclic esters (lactones) is 1. The Morgan fingerprint density at radius 3 is 3.22 bits per heavy atom. The lowest BCUT2D eigenvalue weighted by atomic mass is 10.7. The molecule has 4 nitrogen and oxygen atoms in total. The Balaban J connectivity index is 2.57. The highest BCUT2D eigenvalue weighted by molar-refractivity contribution is 5.74. The molecule has 0 aromatic heterocycles. The molecule has 0 aromatic carbocycles. The van der Waals surface area contributed by atoms with Crippen LogP contribution in [0.1, 0.15) is 6.92 Å². The van der Waals surface area contributed by atoms with Crippen molar-refractivity contribution in [1.29, 1.82) is 0 Å². The second-order valence-corrected chi connectivity index (χ2v) is 1.59. The molecule has 0 radical (unpaired) electrons. The van der Waals surface area contributed by atoms with E-state index in [0.717, 1.165) is 0 Å². The van der Waals surface area contributed by atoms with Crippen molar-refractivity contribution in [2.45, 2.75) is 6.92 Å². The fourth-order valence-corrected chi connectivity index (χ4v) is 0.573. The maximum absolute atomic E-state index is 10.6. The normalized spacial score (nSPS) is 17.9. The average molecular weight is 128 g/mol. The standard InChI is InChI=1S/C5H8N2O2/c1-2-7-5(8)9-4-3-6-7/h3H,2,4H2,1H3. The molecule has 9 heavy (non-hydrogen) atoms. The van der Waals surface area contributed by atoms with Crippen molar-refractivity contribution in [3.63, 3.8) is 0 Å². The van der Waals surface area contributed by atoms with Gasteiger partial charge in [-0.1, -0.05) is 0 Å². The third-order valence-electron chi connectivity index (χ3n) is 1.01. The molecule has 0 saturated carbocycles. The minimum Gasteiger partial charge on any atom is -0.442 e. The minimum atomic E-state index is -0.361. The summed E-state index contributed by atoms with van der Waals surface area (Å²) in [4.78, 5) is 10.6. The van der Waals surface area contributed by atoms with Gasteiger partial charge in [0.2, 0.25) is 0 Å². The molecule has 0 fully saturated rings. The number of carbonyl (C=O) groups is 1. The maximum atomic E-state index is 10.6. The van der Waals surface area contributed by atoms with E-state index in [4.69, 9.17) is 0 Å². The highest BCUT2D eigenvalue weighted by Gasteiger charge is 2.13. The quantitative estimate of drug-likeness (QED) is 0.514. The molecule has 50 valence electrons. The Morgan fingerprint density at radius 1 is 2.00 bits per heavy atom. The molecule has 0 spiro atoms. The summed E-state index contributed by atoms with van der Waals surface area (Å²) in [7, 11) is 0. The predicted molar refractivity (Wildman–Crippen MR) is 32.2 cm³/mol. The van der Waals surface area contributed by atoms with Gasteiger partial charge in [0.1, 0.15) is 6.61 Å². The molecule has 0 atom stereocenters. The second kappa shape index (κ2) is 2.48. The van der Waals surface area contributed by atoms with Crippen LogP contribution in [0, 0.1) is 0 Å². The van der Waals surface area contributed by atoms with E-state index in [1.54, 1.807) is 6.21 Å². The van der Waals surface area contributed by atoms with Gasteiger partial charge in [0.25, 0.3) is 0 Å². The van der Waals surface area contributed by atoms with Crippen molar-refractivity contribution in [3.8, 4) is 0 Å². The molecule has 0 aromatic rings. The molecule has 0 saturated heterocycles. The van der Waals surface area contributed by atoms with E-state index in [1.807, 2.05) is 6.92 Å². The molecule has 0 unspecified atom stereocenters. The fraction of sp³-hybridized carbons (Fsp3) is 0.600. The number of ether oxygens (including phenoxy) is 1. The van der Waals surface area contributed by atoms with Gasteiger partial charge in [0, 0.05) is 6.54 Å². The predicted octanol–water partition coefficient (Wildman–Crippen LogP) is 0.444. The number of amides is 1. The monoisotopic (exact) mass is 128 g/mol. The van der Waals surface area contributed by atoms with Gasteiger partial charge in [0.15, 0.2) is 0 Å². The lowest BCUT2D eigenvalue weighted by Crippen LogP contribution is -2.30. The molecule has 0 aliphatic carbocycles. The maximum Gasteiger partial charge on any atom is 0.430 e. The summed E-state index contributed by atoms with van der Waals surface area (Å²) in [6.07, 6.45) is 1.20. The van der Waals surface area contributed by atoms with E-state index < -0.39 is 0 Å². The highest BCUT2D eigenvalue weighted by Crippen LogP contribution is 1.97. The van der Waals surface area contributed by atoms with Crippen LogP contribution < -0.4 is 0 Å². The molecule has 1 heterocycles. The first-order valence-electron chi connectivity index (χ1n) is 2.81. The van der Waals surface area contributed by atoms with Gasteiger partial charge >= 0.3 is 6.09 Å². The first-order valence-corrected chi connectivity index (χ1v) is 2.81. The van der Waals surface area contributed by atoms with Gasteiger partial charge in [0.05, 0.1) is 6.21 Å². The van der Waals surface area contributed by atoms with Crippen molar-refractivity contribution < 1.29 is 9.53 Å². The summed E-state index contributed by atoms with van der Waals surface area (Å²) < 4.78 is 4.62. The van der Waals surface area contributed by atoms with Crippen molar-refractivity contribution in [1.82, 2.24) is 5.01 Å². The summed E-state index contributed by atoms with van der Waals surface area (Å²) >= 11 is 0. The molecule has 1 aliphatic rings.